The zero-order valence-electron chi connectivity index (χ0n) is 17.4. The number of halogens is 2. The number of aryl methyl sites for hydroxylation is 1. The first kappa shape index (κ1) is 20.6. The second kappa shape index (κ2) is 8.30. The fourth-order valence-corrected chi connectivity index (χ4v) is 3.65. The van der Waals surface area contributed by atoms with E-state index in [0.29, 0.717) is 29.1 Å². The van der Waals surface area contributed by atoms with Crippen molar-refractivity contribution in [2.75, 3.05) is 5.32 Å². The van der Waals surface area contributed by atoms with Crippen molar-refractivity contribution in [3.63, 3.8) is 0 Å². The molecule has 33 heavy (non-hydrogen) atoms. The van der Waals surface area contributed by atoms with Gasteiger partial charge in [-0.05, 0) is 35.9 Å². The number of aromatic nitrogens is 5. The van der Waals surface area contributed by atoms with Crippen molar-refractivity contribution in [3.05, 3.63) is 72.8 Å². The van der Waals surface area contributed by atoms with Crippen molar-refractivity contribution >= 4 is 28.0 Å². The van der Waals surface area contributed by atoms with Gasteiger partial charge < -0.3 is 10.1 Å². The minimum absolute atomic E-state index is 0.0294. The Morgan fingerprint density at radius 1 is 1.18 bits per heavy atom. The van der Waals surface area contributed by atoms with Gasteiger partial charge in [-0.1, -0.05) is 24.3 Å². The lowest BCUT2D eigenvalue weighted by Gasteiger charge is -2.12. The van der Waals surface area contributed by atoms with Crippen LogP contribution in [0.4, 0.5) is 14.5 Å². The van der Waals surface area contributed by atoms with Crippen LogP contribution in [0.5, 0.6) is 5.75 Å². The molecule has 1 amide bonds. The number of nitrogens with zero attached hydrogens (tertiary/aromatic N) is 5. The first-order valence-corrected chi connectivity index (χ1v) is 10.2. The molecule has 0 aliphatic carbocycles. The first-order chi connectivity index (χ1) is 16.0. The van der Waals surface area contributed by atoms with Gasteiger partial charge in [-0.15, -0.1) is 0 Å². The Morgan fingerprint density at radius 3 is 2.73 bits per heavy atom. The highest BCUT2D eigenvalue weighted by molar-refractivity contribution is 6.09. The van der Waals surface area contributed by atoms with Gasteiger partial charge in [0.05, 0.1) is 11.9 Å². The molecular formula is C23H18F2N6O2. The van der Waals surface area contributed by atoms with Gasteiger partial charge in [0.2, 0.25) is 0 Å². The van der Waals surface area contributed by atoms with Gasteiger partial charge in [0.1, 0.15) is 17.0 Å². The summed E-state index contributed by atoms with van der Waals surface area (Å²) in [5, 5.41) is 13.0. The molecule has 1 N–H and O–H groups in total. The predicted octanol–water partition coefficient (Wildman–Crippen LogP) is 4.62. The van der Waals surface area contributed by atoms with Crippen molar-refractivity contribution in [1.29, 1.82) is 0 Å². The zero-order valence-corrected chi connectivity index (χ0v) is 17.4. The lowest BCUT2D eigenvalue weighted by molar-refractivity contribution is -0.0493. The number of nitrogens with one attached hydrogen (secondary N) is 1. The fourth-order valence-electron chi connectivity index (χ4n) is 3.65. The molecule has 0 unspecified atom stereocenters. The molecule has 5 aromatic rings. The highest BCUT2D eigenvalue weighted by atomic mass is 19.3. The third-order valence-electron chi connectivity index (χ3n) is 5.18. The second-order valence-electron chi connectivity index (χ2n) is 7.22. The summed E-state index contributed by atoms with van der Waals surface area (Å²) < 4.78 is 34.3. The maximum Gasteiger partial charge on any atom is 0.387 e. The molecule has 3 heterocycles. The normalized spacial score (nSPS) is 11.4. The summed E-state index contributed by atoms with van der Waals surface area (Å²) in [5.41, 5.74) is 1.68. The van der Waals surface area contributed by atoms with Crippen LogP contribution in [0.15, 0.2) is 67.3 Å². The predicted molar refractivity (Wildman–Crippen MR) is 118 cm³/mol. The van der Waals surface area contributed by atoms with Gasteiger partial charge in [-0.2, -0.15) is 19.0 Å². The summed E-state index contributed by atoms with van der Waals surface area (Å²) in [4.78, 5) is 17.3. The van der Waals surface area contributed by atoms with E-state index in [9.17, 15) is 13.6 Å². The Morgan fingerprint density at radius 2 is 1.97 bits per heavy atom. The molecule has 0 radical (unpaired) electrons. The molecular weight excluding hydrogens is 430 g/mol. The molecule has 0 atom stereocenters. The second-order valence-corrected chi connectivity index (χ2v) is 7.22. The number of alkyl halides is 2. The van der Waals surface area contributed by atoms with Crippen LogP contribution in [-0.4, -0.2) is 36.9 Å². The monoisotopic (exact) mass is 448 g/mol. The number of hydrogen-bond donors (Lipinski definition) is 1. The molecule has 3 aromatic heterocycles. The van der Waals surface area contributed by atoms with Crippen LogP contribution in [0.3, 0.4) is 0 Å². The number of benzene rings is 2. The number of ether oxygens (including phenoxy) is 1. The van der Waals surface area contributed by atoms with E-state index in [-0.39, 0.29) is 11.3 Å². The van der Waals surface area contributed by atoms with Crippen molar-refractivity contribution in [2.24, 2.45) is 0 Å². The van der Waals surface area contributed by atoms with Crippen molar-refractivity contribution in [2.45, 2.75) is 20.1 Å². The van der Waals surface area contributed by atoms with E-state index in [1.54, 1.807) is 41.5 Å². The summed E-state index contributed by atoms with van der Waals surface area (Å²) in [5.74, 6) is -0.476. The van der Waals surface area contributed by atoms with Gasteiger partial charge in [-0.25, -0.2) is 9.50 Å². The van der Waals surface area contributed by atoms with Crippen LogP contribution in [0, 0.1) is 0 Å². The third kappa shape index (κ3) is 3.86. The molecule has 0 aliphatic heterocycles. The Hall–Kier alpha value is -4.34. The van der Waals surface area contributed by atoms with E-state index in [0.717, 1.165) is 10.8 Å². The van der Waals surface area contributed by atoms with E-state index in [4.69, 9.17) is 4.74 Å². The SMILES string of the molecule is CCn1cc(NC(=O)c2cnn3cccnc23)c(-c2cc3ccccc3cc2OC(F)F)n1. The third-order valence-corrected chi connectivity index (χ3v) is 5.18. The van der Waals surface area contributed by atoms with Crippen molar-refractivity contribution in [3.8, 4) is 17.0 Å². The van der Waals surface area contributed by atoms with Gasteiger partial charge in [0.15, 0.2) is 5.65 Å². The molecule has 0 bridgehead atoms. The summed E-state index contributed by atoms with van der Waals surface area (Å²) >= 11 is 0. The molecule has 0 spiro atoms. The first-order valence-electron chi connectivity index (χ1n) is 10.2. The van der Waals surface area contributed by atoms with Gasteiger partial charge >= 0.3 is 6.61 Å². The van der Waals surface area contributed by atoms with Crippen LogP contribution in [0.2, 0.25) is 0 Å². The topological polar surface area (TPSA) is 86.3 Å². The molecule has 5 rings (SSSR count). The fraction of sp³-hybridized carbons (Fsp3) is 0.130. The Kier molecular flexibility index (Phi) is 5.17. The largest absolute Gasteiger partial charge is 0.434 e. The standard InChI is InChI=1S/C23H18F2N6O2/c1-2-30-13-18(28-22(32)17-12-27-31-9-5-8-26-21(17)31)20(29-30)16-10-14-6-3-4-7-15(14)11-19(16)33-23(24)25/h3-13,23H,2H2,1H3,(H,28,32). The minimum atomic E-state index is -3.01. The quantitative estimate of drug-likeness (QED) is 0.410. The van der Waals surface area contributed by atoms with E-state index in [1.807, 2.05) is 31.2 Å². The van der Waals surface area contributed by atoms with Crippen LogP contribution in [0.25, 0.3) is 27.7 Å². The van der Waals surface area contributed by atoms with Crippen molar-refractivity contribution < 1.29 is 18.3 Å². The molecule has 10 heteroatoms. The van der Waals surface area contributed by atoms with Crippen LogP contribution in [0.1, 0.15) is 17.3 Å². The molecule has 0 fully saturated rings. The summed E-state index contributed by atoms with van der Waals surface area (Å²) in [6, 6.07) is 12.3. The van der Waals surface area contributed by atoms with E-state index in [1.165, 1.54) is 10.7 Å². The van der Waals surface area contributed by atoms with Crippen LogP contribution >= 0.6 is 0 Å². The smallest absolute Gasteiger partial charge is 0.387 e. The average molecular weight is 448 g/mol. The van der Waals surface area contributed by atoms with Crippen molar-refractivity contribution in [1.82, 2.24) is 24.4 Å². The number of anilines is 1. The Bertz CT molecular complexity index is 1480. The number of carbonyl (C=O) groups excluding carboxylic acids is 1. The Balaban J connectivity index is 1.60. The number of carbonyl (C=O) groups is 1. The number of hydrogen-bond acceptors (Lipinski definition) is 5. The maximum absolute atomic E-state index is 13.2. The van der Waals surface area contributed by atoms with E-state index < -0.39 is 12.5 Å². The number of fused-ring (bicyclic) bond motifs is 2. The summed E-state index contributed by atoms with van der Waals surface area (Å²) in [6.07, 6.45) is 6.32. The lowest BCUT2D eigenvalue weighted by atomic mass is 10.0. The molecule has 0 saturated heterocycles. The van der Waals surface area contributed by atoms with Gasteiger partial charge in [0.25, 0.3) is 5.91 Å². The minimum Gasteiger partial charge on any atom is -0.434 e. The molecule has 0 aliphatic rings. The zero-order chi connectivity index (χ0) is 22.9. The number of amides is 1. The molecule has 166 valence electrons. The van der Waals surface area contributed by atoms with Crippen LogP contribution < -0.4 is 10.1 Å². The van der Waals surface area contributed by atoms with E-state index in [2.05, 4.69) is 20.5 Å². The highest BCUT2D eigenvalue weighted by Gasteiger charge is 2.22. The van der Waals surface area contributed by atoms with Gasteiger partial charge in [-0.3, -0.25) is 9.48 Å². The average Bonchev–Trinajstić information content (AvgIpc) is 3.42. The molecule has 0 saturated carbocycles. The van der Waals surface area contributed by atoms with E-state index >= 15 is 0 Å². The lowest BCUT2D eigenvalue weighted by Crippen LogP contribution is -2.12. The van der Waals surface area contributed by atoms with Crippen LogP contribution in [-0.2, 0) is 6.54 Å². The highest BCUT2D eigenvalue weighted by Crippen LogP contribution is 2.38. The summed E-state index contributed by atoms with van der Waals surface area (Å²) in [7, 11) is 0. The van der Waals surface area contributed by atoms with Gasteiger partial charge in [0, 0.05) is 30.7 Å². The summed E-state index contributed by atoms with van der Waals surface area (Å²) in [6.45, 7) is -0.616. The molecule has 8 nitrogen and oxygen atoms in total. The maximum atomic E-state index is 13.2. The number of rotatable bonds is 6. The molecule has 2 aromatic carbocycles. The Labute approximate surface area is 186 Å².